The van der Waals surface area contributed by atoms with Crippen LogP contribution in [0, 0.1) is 0 Å². The van der Waals surface area contributed by atoms with Crippen molar-refractivity contribution in [1.29, 1.82) is 0 Å². The zero-order chi connectivity index (χ0) is 20.0. The molecule has 0 radical (unpaired) electrons. The molecule has 5 rings (SSSR count). The van der Waals surface area contributed by atoms with Crippen molar-refractivity contribution >= 4 is 33.5 Å². The monoisotopic (exact) mass is 403 g/mol. The van der Waals surface area contributed by atoms with Gasteiger partial charge in [-0.15, -0.1) is 5.10 Å². The maximum absolute atomic E-state index is 12.5. The van der Waals surface area contributed by atoms with Crippen molar-refractivity contribution in [2.75, 3.05) is 7.11 Å². The van der Waals surface area contributed by atoms with Crippen LogP contribution in [0.15, 0.2) is 65.6 Å². The van der Waals surface area contributed by atoms with Crippen LogP contribution in [0.4, 0.5) is 0 Å². The van der Waals surface area contributed by atoms with E-state index in [1.54, 1.807) is 30.1 Å². The number of benzene rings is 2. The van der Waals surface area contributed by atoms with Gasteiger partial charge in [0.2, 0.25) is 5.88 Å². The van der Waals surface area contributed by atoms with Gasteiger partial charge in [-0.05, 0) is 48.0 Å². The normalized spacial score (nSPS) is 11.2. The van der Waals surface area contributed by atoms with Gasteiger partial charge in [0.05, 0.1) is 18.3 Å². The number of halogens is 1. The van der Waals surface area contributed by atoms with Gasteiger partial charge in [-0.1, -0.05) is 22.9 Å². The van der Waals surface area contributed by atoms with Crippen molar-refractivity contribution in [3.63, 3.8) is 0 Å². The Kier molecular flexibility index (Phi) is 4.03. The Balaban J connectivity index is 1.78. The number of pyridine rings is 2. The van der Waals surface area contributed by atoms with E-state index in [0.717, 1.165) is 22.2 Å². The van der Waals surface area contributed by atoms with E-state index in [-0.39, 0.29) is 11.1 Å². The molecule has 0 unspecified atom stereocenters. The van der Waals surface area contributed by atoms with Crippen molar-refractivity contribution in [2.24, 2.45) is 0 Å². The maximum Gasteiger partial charge on any atom is 0.278 e. The molecule has 0 fully saturated rings. The molecule has 3 heterocycles. The summed E-state index contributed by atoms with van der Waals surface area (Å²) in [5.74, 6) is 0.547. The number of nitrogens with zero attached hydrogens (tertiary/aromatic N) is 4. The SMILES string of the molecule is COc1ccc(-c2ccc3[nH]c(=O)c4nnn(-c5ccc(Cl)cc5)c4c3c2)cn1. The lowest BCUT2D eigenvalue weighted by Gasteiger charge is -2.08. The van der Waals surface area contributed by atoms with Gasteiger partial charge in [0.15, 0.2) is 5.52 Å². The smallest absolute Gasteiger partial charge is 0.278 e. The molecule has 142 valence electrons. The Morgan fingerprint density at radius 1 is 1.03 bits per heavy atom. The molecule has 8 heteroatoms. The molecule has 2 aromatic carbocycles. The number of rotatable bonds is 3. The van der Waals surface area contributed by atoms with E-state index in [1.807, 2.05) is 42.5 Å². The van der Waals surface area contributed by atoms with E-state index in [2.05, 4.69) is 20.3 Å². The van der Waals surface area contributed by atoms with Crippen LogP contribution in [-0.2, 0) is 0 Å². The van der Waals surface area contributed by atoms with Gasteiger partial charge in [-0.3, -0.25) is 4.79 Å². The third-order valence-electron chi connectivity index (χ3n) is 4.76. The van der Waals surface area contributed by atoms with Crippen LogP contribution in [0.2, 0.25) is 5.02 Å². The summed E-state index contributed by atoms with van der Waals surface area (Å²) < 4.78 is 6.78. The fourth-order valence-electron chi connectivity index (χ4n) is 3.32. The van der Waals surface area contributed by atoms with Crippen molar-refractivity contribution in [1.82, 2.24) is 25.0 Å². The highest BCUT2D eigenvalue weighted by atomic mass is 35.5. The lowest BCUT2D eigenvalue weighted by molar-refractivity contribution is 0.398. The summed E-state index contributed by atoms with van der Waals surface area (Å²) in [4.78, 5) is 19.6. The number of methoxy groups -OCH3 is 1. The molecule has 1 N–H and O–H groups in total. The van der Waals surface area contributed by atoms with Crippen LogP contribution in [0.1, 0.15) is 0 Å². The minimum absolute atomic E-state index is 0.275. The zero-order valence-corrected chi connectivity index (χ0v) is 16.0. The van der Waals surface area contributed by atoms with Crippen molar-refractivity contribution < 1.29 is 4.74 Å². The second-order valence-electron chi connectivity index (χ2n) is 6.48. The van der Waals surface area contributed by atoms with E-state index >= 15 is 0 Å². The quantitative estimate of drug-likeness (QED) is 0.492. The molecule has 0 aliphatic heterocycles. The number of aromatic nitrogens is 5. The molecule has 0 amide bonds. The highest BCUT2D eigenvalue weighted by Crippen LogP contribution is 2.28. The topological polar surface area (TPSA) is 85.7 Å². The van der Waals surface area contributed by atoms with Crippen LogP contribution < -0.4 is 10.3 Å². The van der Waals surface area contributed by atoms with Crippen LogP contribution in [-0.4, -0.2) is 32.1 Å². The molecule has 3 aromatic heterocycles. The fourth-order valence-corrected chi connectivity index (χ4v) is 3.45. The predicted molar refractivity (Wildman–Crippen MR) is 112 cm³/mol. The Labute approximate surface area is 169 Å². The molecular formula is C21H14ClN5O2. The first-order valence-corrected chi connectivity index (χ1v) is 9.19. The van der Waals surface area contributed by atoms with Gasteiger partial charge in [0, 0.05) is 28.2 Å². The van der Waals surface area contributed by atoms with Crippen LogP contribution in [0.5, 0.6) is 5.88 Å². The predicted octanol–water partition coefficient (Wildman–Crippen LogP) is 3.99. The maximum atomic E-state index is 12.5. The first kappa shape index (κ1) is 17.4. The summed E-state index contributed by atoms with van der Waals surface area (Å²) in [6.45, 7) is 0. The first-order valence-electron chi connectivity index (χ1n) is 8.82. The number of H-pyrrole nitrogens is 1. The summed E-state index contributed by atoms with van der Waals surface area (Å²) in [6.07, 6.45) is 1.75. The van der Waals surface area contributed by atoms with Gasteiger partial charge in [-0.25, -0.2) is 9.67 Å². The molecule has 0 atom stereocenters. The van der Waals surface area contributed by atoms with Crippen LogP contribution in [0.25, 0.3) is 38.8 Å². The second kappa shape index (κ2) is 6.72. The second-order valence-corrected chi connectivity index (χ2v) is 6.92. The minimum Gasteiger partial charge on any atom is -0.481 e. The Bertz CT molecular complexity index is 1410. The standard InChI is InChI=1S/C21H14ClN5O2/c1-29-18-9-3-13(11-23-18)12-2-8-17-16(10-12)20-19(21(28)24-17)25-26-27(20)15-6-4-14(22)5-7-15/h2-11H,1H3,(H,24,28). The number of aromatic amines is 1. The summed E-state index contributed by atoms with van der Waals surface area (Å²) >= 11 is 6.01. The first-order chi connectivity index (χ1) is 14.1. The molecule has 5 aromatic rings. The largest absolute Gasteiger partial charge is 0.481 e. The lowest BCUT2D eigenvalue weighted by Crippen LogP contribution is -2.07. The Morgan fingerprint density at radius 3 is 2.55 bits per heavy atom. The number of nitrogens with one attached hydrogen (secondary N) is 1. The number of ether oxygens (including phenoxy) is 1. The van der Waals surface area contributed by atoms with Gasteiger partial charge in [0.1, 0.15) is 5.52 Å². The highest BCUT2D eigenvalue weighted by Gasteiger charge is 2.15. The molecular weight excluding hydrogens is 390 g/mol. The van der Waals surface area contributed by atoms with E-state index in [9.17, 15) is 4.79 Å². The van der Waals surface area contributed by atoms with Crippen LogP contribution in [0.3, 0.4) is 0 Å². The zero-order valence-electron chi connectivity index (χ0n) is 15.3. The van der Waals surface area contributed by atoms with Crippen LogP contribution >= 0.6 is 11.6 Å². The number of hydrogen-bond donors (Lipinski definition) is 1. The molecule has 0 aliphatic carbocycles. The van der Waals surface area contributed by atoms with E-state index in [0.29, 0.717) is 21.9 Å². The fraction of sp³-hybridized carbons (Fsp3) is 0.0476. The summed E-state index contributed by atoms with van der Waals surface area (Å²) in [6, 6.07) is 16.8. The molecule has 29 heavy (non-hydrogen) atoms. The van der Waals surface area contributed by atoms with Gasteiger partial charge in [0.25, 0.3) is 5.56 Å². The summed E-state index contributed by atoms with van der Waals surface area (Å²) in [5, 5.41) is 9.75. The van der Waals surface area contributed by atoms with Gasteiger partial charge < -0.3 is 9.72 Å². The van der Waals surface area contributed by atoms with E-state index in [1.165, 1.54) is 0 Å². The van der Waals surface area contributed by atoms with Crippen molar-refractivity contribution in [3.05, 3.63) is 76.2 Å². The molecule has 0 aliphatic rings. The highest BCUT2D eigenvalue weighted by molar-refractivity contribution is 6.30. The summed E-state index contributed by atoms with van der Waals surface area (Å²) in [7, 11) is 1.58. The molecule has 7 nitrogen and oxygen atoms in total. The van der Waals surface area contributed by atoms with Gasteiger partial charge >= 0.3 is 0 Å². The van der Waals surface area contributed by atoms with E-state index in [4.69, 9.17) is 16.3 Å². The molecule has 0 spiro atoms. The molecule has 0 bridgehead atoms. The molecule has 0 saturated heterocycles. The van der Waals surface area contributed by atoms with Crippen molar-refractivity contribution in [2.45, 2.75) is 0 Å². The number of hydrogen-bond acceptors (Lipinski definition) is 5. The third kappa shape index (κ3) is 2.92. The van der Waals surface area contributed by atoms with E-state index < -0.39 is 0 Å². The minimum atomic E-state index is -0.286. The average molecular weight is 404 g/mol. The van der Waals surface area contributed by atoms with Gasteiger partial charge in [-0.2, -0.15) is 0 Å². The molecule has 0 saturated carbocycles. The average Bonchev–Trinajstić information content (AvgIpc) is 3.20. The Morgan fingerprint density at radius 2 is 1.83 bits per heavy atom. The lowest BCUT2D eigenvalue weighted by atomic mass is 10.0. The number of fused-ring (bicyclic) bond motifs is 3. The third-order valence-corrected chi connectivity index (χ3v) is 5.01. The van der Waals surface area contributed by atoms with Crippen molar-refractivity contribution in [3.8, 4) is 22.7 Å². The Hall–Kier alpha value is -3.71. The summed E-state index contributed by atoms with van der Waals surface area (Å²) in [5.41, 5.74) is 3.96.